The van der Waals surface area contributed by atoms with Crippen LogP contribution in [0.5, 0.6) is 0 Å². The molecule has 0 aromatic carbocycles. The zero-order valence-corrected chi connectivity index (χ0v) is 14.2. The first kappa shape index (κ1) is 17.9. The van der Waals surface area contributed by atoms with E-state index in [1.54, 1.807) is 0 Å². The van der Waals surface area contributed by atoms with Crippen LogP contribution < -0.4 is 5.32 Å². The molecule has 1 atom stereocenters. The normalized spacial score (nSPS) is 20.2. The Balaban J connectivity index is 2.56. The molecule has 0 aliphatic carbocycles. The lowest BCUT2D eigenvalue weighted by molar-refractivity contribution is -0.00550. The topological polar surface area (TPSA) is 24.5 Å². The maximum atomic E-state index is 5.60. The zero-order chi connectivity index (χ0) is 14.8. The average Bonchev–Trinajstić information content (AvgIpc) is 2.47. The summed E-state index contributed by atoms with van der Waals surface area (Å²) in [5.41, 5.74) is 0.427. The highest BCUT2D eigenvalue weighted by molar-refractivity contribution is 4.87. The van der Waals surface area contributed by atoms with Crippen molar-refractivity contribution in [2.75, 3.05) is 45.9 Å². The predicted octanol–water partition coefficient (Wildman–Crippen LogP) is 3.15. The molecule has 20 heavy (non-hydrogen) atoms. The van der Waals surface area contributed by atoms with Gasteiger partial charge in [-0.05, 0) is 43.7 Å². The Hall–Kier alpha value is -0.120. The monoisotopic (exact) mass is 284 g/mol. The van der Waals surface area contributed by atoms with Crippen LogP contribution in [0.1, 0.15) is 53.4 Å². The van der Waals surface area contributed by atoms with Gasteiger partial charge in [0.1, 0.15) is 0 Å². The minimum absolute atomic E-state index is 0.427. The Morgan fingerprint density at radius 3 is 2.45 bits per heavy atom. The predicted molar refractivity (Wildman–Crippen MR) is 87.2 cm³/mol. The van der Waals surface area contributed by atoms with Crippen molar-refractivity contribution in [3.8, 4) is 0 Å². The summed E-state index contributed by atoms with van der Waals surface area (Å²) < 4.78 is 5.60. The number of nitrogens with one attached hydrogen (secondary N) is 1. The molecule has 0 radical (unpaired) electrons. The number of ether oxygens (including phenoxy) is 1. The fourth-order valence-corrected chi connectivity index (χ4v) is 3.08. The van der Waals surface area contributed by atoms with E-state index in [9.17, 15) is 0 Å². The van der Waals surface area contributed by atoms with Gasteiger partial charge in [-0.15, -0.1) is 0 Å². The van der Waals surface area contributed by atoms with Crippen molar-refractivity contribution in [1.82, 2.24) is 10.2 Å². The molecule has 0 spiro atoms. The maximum absolute atomic E-state index is 5.60. The average molecular weight is 284 g/mol. The Morgan fingerprint density at radius 2 is 1.90 bits per heavy atom. The lowest BCUT2D eigenvalue weighted by Crippen LogP contribution is -2.48. The number of hydrogen-bond acceptors (Lipinski definition) is 3. The number of nitrogens with zero attached hydrogens (tertiary/aromatic N) is 1. The summed E-state index contributed by atoms with van der Waals surface area (Å²) in [5, 5.41) is 3.66. The molecule has 120 valence electrons. The van der Waals surface area contributed by atoms with Gasteiger partial charge < -0.3 is 15.0 Å². The SMILES string of the molecule is CCCNCC1(CN(CC)CC(C)CC)CCOCC1. The fraction of sp³-hybridized carbons (Fsp3) is 1.00. The first-order chi connectivity index (χ1) is 9.65. The zero-order valence-electron chi connectivity index (χ0n) is 14.2. The van der Waals surface area contributed by atoms with Crippen LogP contribution in [0, 0.1) is 11.3 Å². The minimum Gasteiger partial charge on any atom is -0.381 e. The largest absolute Gasteiger partial charge is 0.381 e. The van der Waals surface area contributed by atoms with Gasteiger partial charge in [0, 0.05) is 32.8 Å². The summed E-state index contributed by atoms with van der Waals surface area (Å²) in [6.07, 6.45) is 4.92. The molecule has 1 unspecified atom stereocenters. The molecular formula is C17H36N2O. The van der Waals surface area contributed by atoms with Gasteiger partial charge in [-0.3, -0.25) is 0 Å². The van der Waals surface area contributed by atoms with Gasteiger partial charge in [0.15, 0.2) is 0 Å². The Kier molecular flexibility index (Phi) is 8.74. The van der Waals surface area contributed by atoms with E-state index in [-0.39, 0.29) is 0 Å². The van der Waals surface area contributed by atoms with E-state index in [1.807, 2.05) is 0 Å². The smallest absolute Gasteiger partial charge is 0.0472 e. The van der Waals surface area contributed by atoms with E-state index in [2.05, 4.69) is 37.9 Å². The van der Waals surface area contributed by atoms with Gasteiger partial charge in [-0.1, -0.05) is 34.1 Å². The summed E-state index contributed by atoms with van der Waals surface area (Å²) in [4.78, 5) is 2.66. The van der Waals surface area contributed by atoms with Gasteiger partial charge in [0.25, 0.3) is 0 Å². The molecule has 0 aromatic rings. The first-order valence-electron chi connectivity index (χ1n) is 8.66. The lowest BCUT2D eigenvalue weighted by Gasteiger charge is -2.41. The van der Waals surface area contributed by atoms with Crippen LogP contribution in [-0.2, 0) is 4.74 Å². The fourth-order valence-electron chi connectivity index (χ4n) is 3.08. The minimum atomic E-state index is 0.427. The third-order valence-electron chi connectivity index (χ3n) is 4.75. The van der Waals surface area contributed by atoms with Gasteiger partial charge >= 0.3 is 0 Å². The Bertz CT molecular complexity index is 239. The quantitative estimate of drug-likeness (QED) is 0.624. The molecule has 3 nitrogen and oxygen atoms in total. The lowest BCUT2D eigenvalue weighted by atomic mass is 9.79. The molecule has 0 saturated carbocycles. The summed E-state index contributed by atoms with van der Waals surface area (Å²) in [6, 6.07) is 0. The van der Waals surface area contributed by atoms with Crippen molar-refractivity contribution in [2.24, 2.45) is 11.3 Å². The second kappa shape index (κ2) is 9.75. The first-order valence-corrected chi connectivity index (χ1v) is 8.66. The molecule has 1 N–H and O–H groups in total. The molecule has 1 aliphatic heterocycles. The number of rotatable bonds is 10. The highest BCUT2D eigenvalue weighted by Crippen LogP contribution is 2.31. The number of hydrogen-bond donors (Lipinski definition) is 1. The highest BCUT2D eigenvalue weighted by atomic mass is 16.5. The van der Waals surface area contributed by atoms with Crippen LogP contribution in [0.3, 0.4) is 0 Å². The van der Waals surface area contributed by atoms with E-state index < -0.39 is 0 Å². The van der Waals surface area contributed by atoms with Gasteiger partial charge in [0.2, 0.25) is 0 Å². The van der Waals surface area contributed by atoms with Crippen molar-refractivity contribution < 1.29 is 4.74 Å². The van der Waals surface area contributed by atoms with Gasteiger partial charge in [-0.25, -0.2) is 0 Å². The van der Waals surface area contributed by atoms with Crippen LogP contribution in [-0.4, -0.2) is 50.8 Å². The highest BCUT2D eigenvalue weighted by Gasteiger charge is 2.33. The summed E-state index contributed by atoms with van der Waals surface area (Å²) >= 11 is 0. The van der Waals surface area contributed by atoms with Gasteiger partial charge in [0.05, 0.1) is 0 Å². The van der Waals surface area contributed by atoms with Gasteiger partial charge in [-0.2, -0.15) is 0 Å². The van der Waals surface area contributed by atoms with Crippen LogP contribution in [0.25, 0.3) is 0 Å². The summed E-state index contributed by atoms with van der Waals surface area (Å²) in [7, 11) is 0. The third kappa shape index (κ3) is 6.11. The molecular weight excluding hydrogens is 248 g/mol. The van der Waals surface area contributed by atoms with E-state index in [1.165, 1.54) is 45.3 Å². The van der Waals surface area contributed by atoms with Crippen LogP contribution >= 0.6 is 0 Å². The van der Waals surface area contributed by atoms with E-state index in [0.29, 0.717) is 5.41 Å². The van der Waals surface area contributed by atoms with Crippen molar-refractivity contribution in [1.29, 1.82) is 0 Å². The Morgan fingerprint density at radius 1 is 1.20 bits per heavy atom. The summed E-state index contributed by atoms with van der Waals surface area (Å²) in [6.45, 7) is 17.0. The third-order valence-corrected chi connectivity index (χ3v) is 4.75. The molecule has 1 heterocycles. The van der Waals surface area contributed by atoms with E-state index >= 15 is 0 Å². The second-order valence-electron chi connectivity index (χ2n) is 6.63. The molecule has 1 saturated heterocycles. The molecule has 1 aliphatic rings. The Labute approximate surface area is 126 Å². The molecule has 0 amide bonds. The van der Waals surface area contributed by atoms with Crippen LogP contribution in [0.2, 0.25) is 0 Å². The van der Waals surface area contributed by atoms with E-state index in [4.69, 9.17) is 4.74 Å². The van der Waals surface area contributed by atoms with E-state index in [0.717, 1.165) is 32.2 Å². The van der Waals surface area contributed by atoms with Crippen LogP contribution in [0.4, 0.5) is 0 Å². The molecule has 1 rings (SSSR count). The van der Waals surface area contributed by atoms with Crippen molar-refractivity contribution >= 4 is 0 Å². The van der Waals surface area contributed by atoms with Crippen molar-refractivity contribution in [3.05, 3.63) is 0 Å². The molecule has 0 bridgehead atoms. The summed E-state index contributed by atoms with van der Waals surface area (Å²) in [5.74, 6) is 0.801. The van der Waals surface area contributed by atoms with Crippen molar-refractivity contribution in [2.45, 2.75) is 53.4 Å². The van der Waals surface area contributed by atoms with Crippen molar-refractivity contribution in [3.63, 3.8) is 0 Å². The second-order valence-corrected chi connectivity index (χ2v) is 6.63. The molecule has 1 fully saturated rings. The van der Waals surface area contributed by atoms with Crippen LogP contribution in [0.15, 0.2) is 0 Å². The maximum Gasteiger partial charge on any atom is 0.0472 e. The standard InChI is InChI=1S/C17H36N2O/c1-5-10-18-14-17(8-11-20-12-9-17)15-19(7-3)13-16(4)6-2/h16,18H,5-15H2,1-4H3. The molecule has 0 aromatic heterocycles. The molecule has 3 heteroatoms.